The fourth-order valence-corrected chi connectivity index (χ4v) is 7.61. The first kappa shape index (κ1) is 43.2. The molecule has 0 bridgehead atoms. The number of guanidine groups is 1. The Bertz CT molecular complexity index is 1500. The molecule has 3 rings (SSSR count). The Hall–Kier alpha value is -4.16. The maximum absolute atomic E-state index is 14.2. The summed E-state index contributed by atoms with van der Waals surface area (Å²) in [7, 11) is 0. The molecule has 0 unspecified atom stereocenters. The van der Waals surface area contributed by atoms with E-state index in [1.54, 1.807) is 12.1 Å². The van der Waals surface area contributed by atoms with Crippen LogP contribution in [0.25, 0.3) is 0 Å². The Morgan fingerprint density at radius 1 is 0.868 bits per heavy atom. The van der Waals surface area contributed by atoms with Crippen molar-refractivity contribution in [2.24, 2.45) is 34.0 Å². The van der Waals surface area contributed by atoms with E-state index in [2.05, 4.69) is 48.9 Å². The zero-order valence-corrected chi connectivity index (χ0v) is 33.2. The van der Waals surface area contributed by atoms with Gasteiger partial charge in [-0.1, -0.05) is 39.2 Å². The molecule has 2 aliphatic rings. The van der Waals surface area contributed by atoms with Crippen molar-refractivity contribution < 1.29 is 28.8 Å². The van der Waals surface area contributed by atoms with Crippen LogP contribution in [-0.2, 0) is 35.2 Å². The average Bonchev–Trinajstić information content (AvgIpc) is 3.59. The van der Waals surface area contributed by atoms with Crippen LogP contribution in [0.4, 0.5) is 5.69 Å². The highest BCUT2D eigenvalue weighted by Gasteiger charge is 2.39. The number of benzene rings is 1. The second-order valence-electron chi connectivity index (χ2n) is 14.5. The molecule has 1 aromatic carbocycles. The van der Waals surface area contributed by atoms with Crippen LogP contribution in [0.5, 0.6) is 0 Å². The molecule has 294 valence electrons. The number of nitrogens with two attached hydrogens (primary N) is 4. The summed E-state index contributed by atoms with van der Waals surface area (Å²) >= 11 is 2.10. The molecule has 2 fully saturated rings. The number of primary amides is 1. The largest absolute Gasteiger partial charge is 0.398 e. The highest BCUT2D eigenvalue weighted by atomic mass is 127. The first-order valence-electron chi connectivity index (χ1n) is 18.4. The van der Waals surface area contributed by atoms with Gasteiger partial charge in [0.05, 0.1) is 0 Å². The number of rotatable bonds is 18. The second-order valence-corrected chi connectivity index (χ2v) is 15.7. The highest BCUT2D eigenvalue weighted by molar-refractivity contribution is 14.1. The zero-order valence-electron chi connectivity index (χ0n) is 31.0. The number of carbonyl (C=O) groups is 6. The van der Waals surface area contributed by atoms with E-state index in [1.165, 1.54) is 11.8 Å². The molecular formula is C36H57IN10O6. The van der Waals surface area contributed by atoms with Crippen molar-refractivity contribution >= 4 is 69.7 Å². The number of nitrogens with one attached hydrogen (secondary N) is 4. The molecule has 1 heterocycles. The molecule has 16 nitrogen and oxygen atoms in total. The van der Waals surface area contributed by atoms with E-state index in [-0.39, 0.29) is 37.2 Å². The minimum atomic E-state index is -1.12. The van der Waals surface area contributed by atoms with Gasteiger partial charge in [-0.2, -0.15) is 0 Å². The lowest BCUT2D eigenvalue weighted by Crippen LogP contribution is -2.60. The number of hydrogen-bond donors (Lipinski definition) is 8. The molecule has 1 saturated carbocycles. The summed E-state index contributed by atoms with van der Waals surface area (Å²) in [4.78, 5) is 85.6. The smallest absolute Gasteiger partial charge is 0.245 e. The summed E-state index contributed by atoms with van der Waals surface area (Å²) in [5.74, 6) is -3.44. The van der Waals surface area contributed by atoms with Crippen LogP contribution >= 0.6 is 22.6 Å². The molecule has 53 heavy (non-hydrogen) atoms. The van der Waals surface area contributed by atoms with E-state index in [4.69, 9.17) is 22.9 Å². The lowest BCUT2D eigenvalue weighted by Gasteiger charge is -2.33. The van der Waals surface area contributed by atoms with Crippen LogP contribution in [0.15, 0.2) is 23.2 Å². The van der Waals surface area contributed by atoms with Crippen molar-refractivity contribution in [3.05, 3.63) is 27.3 Å². The van der Waals surface area contributed by atoms with Crippen LogP contribution in [0, 0.1) is 15.4 Å². The molecule has 12 N–H and O–H groups in total. The van der Waals surface area contributed by atoms with E-state index in [9.17, 15) is 28.8 Å². The summed E-state index contributed by atoms with van der Waals surface area (Å²) in [6, 6.07) is 0.523. The predicted molar refractivity (Wildman–Crippen MR) is 211 cm³/mol. The third kappa shape index (κ3) is 13.6. The van der Waals surface area contributed by atoms with Crippen molar-refractivity contribution in [1.82, 2.24) is 26.2 Å². The number of likely N-dealkylation sites (tertiary alicyclic amines) is 1. The van der Waals surface area contributed by atoms with Crippen molar-refractivity contribution in [1.29, 1.82) is 0 Å². The third-order valence-electron chi connectivity index (χ3n) is 9.66. The van der Waals surface area contributed by atoms with Crippen LogP contribution in [-0.4, -0.2) is 89.6 Å². The summed E-state index contributed by atoms with van der Waals surface area (Å²) in [5.41, 5.74) is 23.9. The Morgan fingerprint density at radius 3 is 2.13 bits per heavy atom. The molecule has 0 spiro atoms. The molecule has 17 heteroatoms. The van der Waals surface area contributed by atoms with Crippen molar-refractivity contribution in [3.8, 4) is 0 Å². The maximum atomic E-state index is 14.2. The minimum Gasteiger partial charge on any atom is -0.398 e. The van der Waals surface area contributed by atoms with E-state index >= 15 is 0 Å². The van der Waals surface area contributed by atoms with Gasteiger partial charge in [0.2, 0.25) is 35.4 Å². The summed E-state index contributed by atoms with van der Waals surface area (Å²) < 4.78 is 0.802. The summed E-state index contributed by atoms with van der Waals surface area (Å²) in [6.07, 6.45) is 6.06. The summed E-state index contributed by atoms with van der Waals surface area (Å²) in [5, 5.41) is 11.3. The fourth-order valence-electron chi connectivity index (χ4n) is 7.03. The quantitative estimate of drug-likeness (QED) is 0.0336. The van der Waals surface area contributed by atoms with Gasteiger partial charge < -0.3 is 49.1 Å². The van der Waals surface area contributed by atoms with Gasteiger partial charge in [-0.05, 0) is 97.1 Å². The molecule has 5 atom stereocenters. The topological polar surface area (TPSA) is 270 Å². The molecule has 6 amide bonds. The van der Waals surface area contributed by atoms with Gasteiger partial charge in [-0.15, -0.1) is 0 Å². The number of amides is 6. The van der Waals surface area contributed by atoms with Gasteiger partial charge in [0.1, 0.15) is 30.2 Å². The lowest BCUT2D eigenvalue weighted by molar-refractivity contribution is -0.141. The SMILES string of the molecule is CC(=O)N[C@@H](Cc1ccc(N)c(I)c1)C(=O)N[C@H](C(=O)N[C@@H](CCCN=C(N)N)C(=O)N[C@@H](CC(C)C)C(=O)N1CCC[C@H]1C(N)=O)C1CCCCC1. The van der Waals surface area contributed by atoms with Crippen molar-refractivity contribution in [2.75, 3.05) is 18.8 Å². The number of carbonyl (C=O) groups excluding carboxylic acids is 6. The standard InChI is InChI=1S/C36H57IN10O6/c1-20(2)17-28(35(53)47-16-8-12-29(47)31(39)49)45-32(50)26(11-7-15-42-36(40)41)44-34(52)30(23-9-5-4-6-10-23)46-33(51)27(43-21(3)48)19-22-13-14-25(38)24(37)18-22/h13-14,18,20,23,26-30H,4-12,15-17,19,38H2,1-3H3,(H2,39,49)(H,43,48)(H,44,52)(H,45,50)(H,46,51)(H4,40,41,42)/t26-,27-,28-,29-,30-/m0/s1. The molecule has 1 aliphatic heterocycles. The Morgan fingerprint density at radius 2 is 1.53 bits per heavy atom. The van der Waals surface area contributed by atoms with E-state index in [0.29, 0.717) is 50.8 Å². The Kier molecular flexibility index (Phi) is 17.1. The van der Waals surface area contributed by atoms with Gasteiger partial charge in [0.25, 0.3) is 0 Å². The van der Waals surface area contributed by atoms with Gasteiger partial charge in [0.15, 0.2) is 5.96 Å². The molecule has 1 aromatic rings. The Balaban J connectivity index is 1.88. The predicted octanol–water partition coefficient (Wildman–Crippen LogP) is 0.531. The molecular weight excluding hydrogens is 795 g/mol. The molecule has 1 aliphatic carbocycles. The number of nitrogens with zero attached hydrogens (tertiary/aromatic N) is 2. The van der Waals surface area contributed by atoms with Gasteiger partial charge in [-0.25, -0.2) is 0 Å². The van der Waals surface area contributed by atoms with Crippen LogP contribution in [0.1, 0.15) is 90.5 Å². The van der Waals surface area contributed by atoms with Crippen molar-refractivity contribution in [3.63, 3.8) is 0 Å². The fraction of sp³-hybridized carbons (Fsp3) is 0.639. The summed E-state index contributed by atoms with van der Waals surface area (Å²) in [6.45, 7) is 5.68. The van der Waals surface area contributed by atoms with E-state index in [1.807, 2.05) is 19.9 Å². The monoisotopic (exact) mass is 852 g/mol. The molecule has 0 radical (unpaired) electrons. The van der Waals surface area contributed by atoms with Crippen molar-refractivity contribution in [2.45, 2.75) is 122 Å². The van der Waals surface area contributed by atoms with Gasteiger partial charge in [-0.3, -0.25) is 33.8 Å². The van der Waals surface area contributed by atoms with E-state index < -0.39 is 65.7 Å². The normalized spacial score (nSPS) is 18.3. The molecule has 1 saturated heterocycles. The van der Waals surface area contributed by atoms with Crippen LogP contribution in [0.3, 0.4) is 0 Å². The number of nitrogen functional groups attached to an aromatic ring is 1. The number of aliphatic imine (C=N–C) groups is 1. The zero-order chi connectivity index (χ0) is 39.2. The number of hydrogen-bond acceptors (Lipinski definition) is 8. The lowest BCUT2D eigenvalue weighted by atomic mass is 9.83. The first-order chi connectivity index (χ1) is 25.1. The number of anilines is 1. The number of halogens is 1. The van der Waals surface area contributed by atoms with Gasteiger partial charge >= 0.3 is 0 Å². The average molecular weight is 853 g/mol. The maximum Gasteiger partial charge on any atom is 0.245 e. The van der Waals surface area contributed by atoms with Gasteiger partial charge in [0, 0.05) is 35.7 Å². The second kappa shape index (κ2) is 20.9. The Labute approximate surface area is 325 Å². The first-order valence-corrected chi connectivity index (χ1v) is 19.5. The van der Waals surface area contributed by atoms with E-state index in [0.717, 1.165) is 28.4 Å². The highest BCUT2D eigenvalue weighted by Crippen LogP contribution is 2.27. The van der Waals surface area contributed by atoms with Crippen LogP contribution in [0.2, 0.25) is 0 Å². The van der Waals surface area contributed by atoms with Crippen LogP contribution < -0.4 is 44.2 Å². The third-order valence-corrected chi connectivity index (χ3v) is 10.6. The molecule has 0 aromatic heterocycles. The minimum absolute atomic E-state index is 0.00736.